The molecule has 1 fully saturated rings. The Morgan fingerprint density at radius 2 is 2.62 bits per heavy atom. The molecular formula is C6H11NO. The van der Waals surface area contributed by atoms with E-state index in [1.807, 2.05) is 6.92 Å². The summed E-state index contributed by atoms with van der Waals surface area (Å²) >= 11 is 0. The van der Waals surface area contributed by atoms with Gasteiger partial charge in [0.2, 0.25) is 0 Å². The zero-order valence-corrected chi connectivity index (χ0v) is 5.11. The molecule has 8 heavy (non-hydrogen) atoms. The molecule has 1 N–H and O–H groups in total. The predicted octanol–water partition coefficient (Wildman–Crippen LogP) is 0.327. The van der Waals surface area contributed by atoms with Crippen LogP contribution in [-0.4, -0.2) is 18.4 Å². The number of rotatable bonds is 1. The van der Waals surface area contributed by atoms with Crippen molar-refractivity contribution in [2.75, 3.05) is 6.54 Å². The summed E-state index contributed by atoms with van der Waals surface area (Å²) < 4.78 is 0. The van der Waals surface area contributed by atoms with Gasteiger partial charge in [0.25, 0.3) is 0 Å². The minimum Gasteiger partial charge on any atom is -0.307 e. The number of nitrogens with one attached hydrogen (secondary N) is 1. The average Bonchev–Trinajstić information content (AvgIpc) is 2.14. The van der Waals surface area contributed by atoms with E-state index in [1.54, 1.807) is 0 Å². The lowest BCUT2D eigenvalue weighted by Gasteiger charge is -2.01. The highest BCUT2D eigenvalue weighted by molar-refractivity contribution is 5.85. The number of ketones is 1. The summed E-state index contributed by atoms with van der Waals surface area (Å²) in [5, 5.41) is 3.11. The molecule has 1 aliphatic rings. The standard InChI is InChI=1S/C6H11NO/c1-2-5-6(8)3-4-7-5/h5,7H,2-4H2,1H3/t5-/m1/s1. The molecule has 0 spiro atoms. The number of hydrogen-bond donors (Lipinski definition) is 1. The first kappa shape index (κ1) is 5.76. The predicted molar refractivity (Wildman–Crippen MR) is 31.7 cm³/mol. The van der Waals surface area contributed by atoms with E-state index in [0.29, 0.717) is 5.78 Å². The molecule has 0 amide bonds. The molecule has 0 radical (unpaired) electrons. The third-order valence-corrected chi connectivity index (χ3v) is 1.56. The van der Waals surface area contributed by atoms with Crippen LogP contribution in [0.1, 0.15) is 19.8 Å². The van der Waals surface area contributed by atoms with Gasteiger partial charge >= 0.3 is 0 Å². The van der Waals surface area contributed by atoms with Crippen LogP contribution in [0.5, 0.6) is 0 Å². The largest absolute Gasteiger partial charge is 0.307 e. The van der Waals surface area contributed by atoms with Gasteiger partial charge in [0.1, 0.15) is 0 Å². The summed E-state index contributed by atoms with van der Waals surface area (Å²) in [6.45, 7) is 2.91. The van der Waals surface area contributed by atoms with E-state index in [9.17, 15) is 4.79 Å². The number of carbonyl (C=O) groups excluding carboxylic acids is 1. The molecule has 0 aliphatic carbocycles. The normalized spacial score (nSPS) is 29.1. The molecule has 1 atom stereocenters. The summed E-state index contributed by atoms with van der Waals surface area (Å²) in [4.78, 5) is 10.7. The Hall–Kier alpha value is -0.370. The third kappa shape index (κ3) is 0.892. The van der Waals surface area contributed by atoms with Crippen molar-refractivity contribution in [2.24, 2.45) is 0 Å². The molecule has 0 aromatic carbocycles. The molecular weight excluding hydrogens is 102 g/mol. The van der Waals surface area contributed by atoms with Crippen LogP contribution in [0, 0.1) is 0 Å². The van der Waals surface area contributed by atoms with Crippen LogP contribution in [0.2, 0.25) is 0 Å². The van der Waals surface area contributed by atoms with Crippen LogP contribution >= 0.6 is 0 Å². The Bertz CT molecular complexity index is 101. The Balaban J connectivity index is 2.42. The van der Waals surface area contributed by atoms with Crippen LogP contribution in [0.25, 0.3) is 0 Å². The van der Waals surface area contributed by atoms with E-state index < -0.39 is 0 Å². The molecule has 2 nitrogen and oxygen atoms in total. The molecule has 0 unspecified atom stereocenters. The number of hydrogen-bond acceptors (Lipinski definition) is 2. The lowest BCUT2D eigenvalue weighted by Crippen LogP contribution is -2.25. The summed E-state index contributed by atoms with van der Waals surface area (Å²) in [5.41, 5.74) is 0. The molecule has 1 heterocycles. The lowest BCUT2D eigenvalue weighted by molar-refractivity contribution is -0.118. The van der Waals surface area contributed by atoms with Crippen molar-refractivity contribution in [1.29, 1.82) is 0 Å². The van der Waals surface area contributed by atoms with Gasteiger partial charge in [0.15, 0.2) is 5.78 Å². The third-order valence-electron chi connectivity index (χ3n) is 1.56. The zero-order valence-electron chi connectivity index (χ0n) is 5.11. The molecule has 0 bridgehead atoms. The minimum absolute atomic E-state index is 0.176. The second-order valence-electron chi connectivity index (χ2n) is 2.13. The maximum absolute atomic E-state index is 10.7. The van der Waals surface area contributed by atoms with Gasteiger partial charge < -0.3 is 5.32 Å². The highest BCUT2D eigenvalue weighted by Crippen LogP contribution is 2.02. The molecule has 0 aromatic heterocycles. The van der Waals surface area contributed by atoms with Gasteiger partial charge in [0, 0.05) is 13.0 Å². The molecule has 1 aliphatic heterocycles. The van der Waals surface area contributed by atoms with Gasteiger partial charge in [-0.3, -0.25) is 4.79 Å². The lowest BCUT2D eigenvalue weighted by atomic mass is 10.2. The van der Waals surface area contributed by atoms with E-state index in [1.165, 1.54) is 0 Å². The Kier molecular flexibility index (Phi) is 1.63. The Labute approximate surface area is 49.3 Å². The van der Waals surface area contributed by atoms with Gasteiger partial charge in [0.05, 0.1) is 6.04 Å². The Morgan fingerprint density at radius 3 is 2.88 bits per heavy atom. The van der Waals surface area contributed by atoms with E-state index in [4.69, 9.17) is 0 Å². The minimum atomic E-state index is 0.176. The maximum atomic E-state index is 10.7. The fraction of sp³-hybridized carbons (Fsp3) is 0.833. The summed E-state index contributed by atoms with van der Waals surface area (Å²) in [5.74, 6) is 0.382. The van der Waals surface area contributed by atoms with Crippen LogP contribution < -0.4 is 5.32 Å². The van der Waals surface area contributed by atoms with Crippen molar-refractivity contribution in [3.8, 4) is 0 Å². The van der Waals surface area contributed by atoms with E-state index in [-0.39, 0.29) is 6.04 Å². The quantitative estimate of drug-likeness (QED) is 0.531. The average molecular weight is 113 g/mol. The van der Waals surface area contributed by atoms with Crippen molar-refractivity contribution < 1.29 is 4.79 Å². The molecule has 0 aromatic rings. The van der Waals surface area contributed by atoms with Crippen molar-refractivity contribution >= 4 is 5.78 Å². The molecule has 1 rings (SSSR count). The summed E-state index contributed by atoms with van der Waals surface area (Å²) in [6, 6.07) is 0.176. The SMILES string of the molecule is CC[C@H]1NCCC1=O. The highest BCUT2D eigenvalue weighted by atomic mass is 16.1. The second kappa shape index (κ2) is 2.27. The molecule has 1 saturated heterocycles. The first-order chi connectivity index (χ1) is 3.84. The fourth-order valence-electron chi connectivity index (χ4n) is 1.03. The van der Waals surface area contributed by atoms with Crippen molar-refractivity contribution in [2.45, 2.75) is 25.8 Å². The fourth-order valence-corrected chi connectivity index (χ4v) is 1.03. The topological polar surface area (TPSA) is 29.1 Å². The Morgan fingerprint density at radius 1 is 1.88 bits per heavy atom. The van der Waals surface area contributed by atoms with Crippen molar-refractivity contribution in [3.63, 3.8) is 0 Å². The van der Waals surface area contributed by atoms with Gasteiger partial charge in [-0.05, 0) is 6.42 Å². The summed E-state index contributed by atoms with van der Waals surface area (Å²) in [7, 11) is 0. The van der Waals surface area contributed by atoms with Gasteiger partial charge in [-0.25, -0.2) is 0 Å². The van der Waals surface area contributed by atoms with Gasteiger partial charge in [-0.15, -0.1) is 0 Å². The smallest absolute Gasteiger partial charge is 0.150 e. The monoisotopic (exact) mass is 113 g/mol. The van der Waals surface area contributed by atoms with Gasteiger partial charge in [-0.1, -0.05) is 6.92 Å². The second-order valence-corrected chi connectivity index (χ2v) is 2.13. The van der Waals surface area contributed by atoms with E-state index >= 15 is 0 Å². The van der Waals surface area contributed by atoms with Crippen LogP contribution in [-0.2, 0) is 4.79 Å². The number of Topliss-reactive ketones (excluding diaryl/α,β-unsaturated/α-hetero) is 1. The summed E-state index contributed by atoms with van der Waals surface area (Å²) in [6.07, 6.45) is 1.68. The maximum Gasteiger partial charge on any atom is 0.150 e. The van der Waals surface area contributed by atoms with Crippen LogP contribution in [0.4, 0.5) is 0 Å². The number of carbonyl (C=O) groups is 1. The molecule has 0 saturated carbocycles. The molecule has 2 heteroatoms. The molecule has 46 valence electrons. The first-order valence-electron chi connectivity index (χ1n) is 3.10. The van der Waals surface area contributed by atoms with Crippen molar-refractivity contribution in [3.05, 3.63) is 0 Å². The van der Waals surface area contributed by atoms with E-state index in [0.717, 1.165) is 19.4 Å². The first-order valence-corrected chi connectivity index (χ1v) is 3.10. The van der Waals surface area contributed by atoms with Gasteiger partial charge in [-0.2, -0.15) is 0 Å². The van der Waals surface area contributed by atoms with Crippen LogP contribution in [0.15, 0.2) is 0 Å². The van der Waals surface area contributed by atoms with E-state index in [2.05, 4.69) is 5.32 Å². The highest BCUT2D eigenvalue weighted by Gasteiger charge is 2.20. The zero-order chi connectivity index (χ0) is 5.98. The van der Waals surface area contributed by atoms with Crippen molar-refractivity contribution in [1.82, 2.24) is 5.32 Å². The van der Waals surface area contributed by atoms with Crippen LogP contribution in [0.3, 0.4) is 0 Å².